The van der Waals surface area contributed by atoms with Crippen molar-refractivity contribution in [2.75, 3.05) is 0 Å². The number of aromatic hydroxyl groups is 1. The summed E-state index contributed by atoms with van der Waals surface area (Å²) in [4.78, 5) is 28.7. The second-order valence-electron chi connectivity index (χ2n) is 5.57. The van der Waals surface area contributed by atoms with Crippen LogP contribution in [-0.2, 0) is 12.8 Å². The van der Waals surface area contributed by atoms with Crippen LogP contribution in [0.1, 0.15) is 5.56 Å². The highest BCUT2D eigenvalue weighted by atomic mass is 35.5. The Morgan fingerprint density at radius 2 is 2.15 bits per heavy atom. The highest BCUT2D eigenvalue weighted by Gasteiger charge is 2.13. The minimum Gasteiger partial charge on any atom is -0.506 e. The molecule has 3 aromatic heterocycles. The molecule has 26 heavy (non-hydrogen) atoms. The van der Waals surface area contributed by atoms with Gasteiger partial charge in [0.05, 0.1) is 10.5 Å². The van der Waals surface area contributed by atoms with Gasteiger partial charge in [0, 0.05) is 30.3 Å². The van der Waals surface area contributed by atoms with Gasteiger partial charge in [-0.25, -0.2) is 9.78 Å². The summed E-state index contributed by atoms with van der Waals surface area (Å²) in [5, 5.41) is 12.9. The Morgan fingerprint density at radius 1 is 1.35 bits per heavy atom. The molecule has 0 aliphatic heterocycles. The lowest BCUT2D eigenvalue weighted by Gasteiger charge is -2.09. The number of phenols is 1. The Balaban J connectivity index is 1.77. The van der Waals surface area contributed by atoms with Gasteiger partial charge in [0.2, 0.25) is 0 Å². The quantitative estimate of drug-likeness (QED) is 0.317. The Bertz CT molecular complexity index is 1280. The lowest BCUT2D eigenvalue weighted by molar-refractivity contribution is 0.473. The summed E-state index contributed by atoms with van der Waals surface area (Å²) >= 11 is 8.68. The molecular weight excluding hydrogens is 396 g/mol. The van der Waals surface area contributed by atoms with Crippen LogP contribution in [0.5, 0.6) is 5.75 Å². The molecule has 0 atom stereocenters. The summed E-state index contributed by atoms with van der Waals surface area (Å²) in [7, 11) is 1.67. The predicted molar refractivity (Wildman–Crippen MR) is 104 cm³/mol. The van der Waals surface area contributed by atoms with Crippen LogP contribution in [0.4, 0.5) is 0 Å². The molecule has 0 amide bonds. The van der Waals surface area contributed by atoms with E-state index in [0.717, 1.165) is 0 Å². The minimum absolute atomic E-state index is 0.0992. The van der Waals surface area contributed by atoms with Gasteiger partial charge in [-0.2, -0.15) is 0 Å². The maximum absolute atomic E-state index is 12.4. The van der Waals surface area contributed by atoms with Crippen molar-refractivity contribution in [3.8, 4) is 5.75 Å². The number of aromatic nitrogens is 2. The van der Waals surface area contributed by atoms with Crippen molar-refractivity contribution in [1.82, 2.24) is 9.55 Å². The fourth-order valence-electron chi connectivity index (χ4n) is 2.59. The summed E-state index contributed by atoms with van der Waals surface area (Å²) in [6, 6.07) is 6.06. The number of hydrogen-bond donors (Lipinski definition) is 1. The van der Waals surface area contributed by atoms with Crippen molar-refractivity contribution in [3.05, 3.63) is 61.0 Å². The first-order valence-electron chi connectivity index (χ1n) is 7.46. The van der Waals surface area contributed by atoms with Crippen molar-refractivity contribution in [2.45, 2.75) is 10.9 Å². The van der Waals surface area contributed by atoms with E-state index in [2.05, 4.69) is 4.98 Å². The highest BCUT2D eigenvalue weighted by Crippen LogP contribution is 2.32. The number of hydrogen-bond acceptors (Lipinski definition) is 7. The number of benzene rings is 1. The third kappa shape index (κ3) is 2.90. The molecular formula is C17H11ClN2O4S2. The Morgan fingerprint density at radius 3 is 2.96 bits per heavy atom. The van der Waals surface area contributed by atoms with Crippen LogP contribution in [0.25, 0.3) is 21.2 Å². The average Bonchev–Trinajstić information content (AvgIpc) is 3.07. The zero-order valence-electron chi connectivity index (χ0n) is 13.4. The number of thiophene rings is 1. The van der Waals surface area contributed by atoms with Crippen LogP contribution in [0.15, 0.2) is 48.8 Å². The first-order valence-corrected chi connectivity index (χ1v) is 9.70. The van der Waals surface area contributed by atoms with Gasteiger partial charge in [0.1, 0.15) is 16.0 Å². The van der Waals surface area contributed by atoms with Gasteiger partial charge in [-0.05, 0) is 23.1 Å². The Labute approximate surface area is 159 Å². The van der Waals surface area contributed by atoms with Crippen molar-refractivity contribution in [2.24, 2.45) is 7.05 Å². The van der Waals surface area contributed by atoms with Gasteiger partial charge in [-0.3, -0.25) is 9.36 Å². The first-order chi connectivity index (χ1) is 12.4. The van der Waals surface area contributed by atoms with Crippen LogP contribution in [0.2, 0.25) is 5.02 Å². The van der Waals surface area contributed by atoms with Crippen LogP contribution in [0, 0.1) is 0 Å². The number of thioether (sulfide) groups is 1. The lowest BCUT2D eigenvalue weighted by atomic mass is 10.1. The summed E-state index contributed by atoms with van der Waals surface area (Å²) in [5.74, 6) is 0.234. The fraction of sp³-hybridized carbons (Fsp3) is 0.118. The second-order valence-corrected chi connectivity index (χ2v) is 7.84. The van der Waals surface area contributed by atoms with E-state index >= 15 is 0 Å². The average molecular weight is 407 g/mol. The maximum Gasteiger partial charge on any atom is 0.336 e. The number of fused-ring (bicyclic) bond motifs is 2. The number of phenolic OH excluding ortho intramolecular Hbond substituents is 1. The molecule has 4 rings (SSSR count). The molecule has 0 saturated carbocycles. The Hall–Kier alpha value is -2.29. The molecule has 0 spiro atoms. The molecule has 1 N–H and O–H groups in total. The Kier molecular flexibility index (Phi) is 4.26. The van der Waals surface area contributed by atoms with Gasteiger partial charge in [0.25, 0.3) is 5.56 Å². The van der Waals surface area contributed by atoms with Crippen molar-refractivity contribution in [3.63, 3.8) is 0 Å². The van der Waals surface area contributed by atoms with E-state index in [9.17, 15) is 14.7 Å². The zero-order valence-corrected chi connectivity index (χ0v) is 15.7. The molecule has 0 aliphatic carbocycles. The standard InChI is InChI=1S/C17H11ClN2O4S2/c1-20-16(23)15-11(2-3-25-15)19-17(20)26-7-8-4-14(22)24-13-6-12(21)10(18)5-9(8)13/h2-6,21H,7H2,1H3. The van der Waals surface area contributed by atoms with Crippen LogP contribution >= 0.6 is 34.7 Å². The van der Waals surface area contributed by atoms with Crippen molar-refractivity contribution < 1.29 is 9.52 Å². The molecule has 0 unspecified atom stereocenters. The summed E-state index contributed by atoms with van der Waals surface area (Å²) < 4.78 is 7.24. The van der Waals surface area contributed by atoms with E-state index in [4.69, 9.17) is 16.0 Å². The number of rotatable bonds is 3. The molecule has 0 radical (unpaired) electrons. The van der Waals surface area contributed by atoms with E-state index in [1.165, 1.54) is 39.8 Å². The summed E-state index contributed by atoms with van der Waals surface area (Å²) in [5.41, 5.74) is 0.974. The minimum atomic E-state index is -0.523. The van der Waals surface area contributed by atoms with Crippen LogP contribution < -0.4 is 11.2 Å². The first kappa shape index (κ1) is 17.1. The molecule has 0 aliphatic rings. The summed E-state index contributed by atoms with van der Waals surface area (Å²) in [6.45, 7) is 0. The molecule has 132 valence electrons. The molecule has 0 saturated heterocycles. The van der Waals surface area contributed by atoms with E-state index in [-0.39, 0.29) is 21.9 Å². The summed E-state index contributed by atoms with van der Waals surface area (Å²) in [6.07, 6.45) is 0. The van der Waals surface area contributed by atoms with Crippen molar-refractivity contribution >= 4 is 55.9 Å². The smallest absolute Gasteiger partial charge is 0.336 e. The second kappa shape index (κ2) is 6.46. The molecule has 0 bridgehead atoms. The zero-order chi connectivity index (χ0) is 18.4. The molecule has 4 aromatic rings. The van der Waals surface area contributed by atoms with Gasteiger partial charge in [-0.15, -0.1) is 11.3 Å². The third-order valence-corrected chi connectivity index (χ3v) is 6.17. The monoisotopic (exact) mass is 406 g/mol. The van der Waals surface area contributed by atoms with E-state index in [1.807, 2.05) is 5.38 Å². The van der Waals surface area contributed by atoms with Gasteiger partial charge >= 0.3 is 5.63 Å². The maximum atomic E-state index is 12.4. The van der Waals surface area contributed by atoms with Gasteiger partial charge in [0.15, 0.2) is 5.16 Å². The molecule has 0 fully saturated rings. The van der Waals surface area contributed by atoms with Gasteiger partial charge in [-0.1, -0.05) is 23.4 Å². The SMILES string of the molecule is Cn1c(SCc2cc(=O)oc3cc(O)c(Cl)cc23)nc2ccsc2c1=O. The number of halogens is 1. The largest absolute Gasteiger partial charge is 0.506 e. The van der Waals surface area contributed by atoms with E-state index < -0.39 is 5.63 Å². The topological polar surface area (TPSA) is 85.3 Å². The van der Waals surface area contributed by atoms with E-state index in [1.54, 1.807) is 19.2 Å². The van der Waals surface area contributed by atoms with E-state index in [0.29, 0.717) is 32.1 Å². The van der Waals surface area contributed by atoms with Gasteiger partial charge < -0.3 is 9.52 Å². The molecule has 6 nitrogen and oxygen atoms in total. The fourth-order valence-corrected chi connectivity index (χ4v) is 4.53. The third-order valence-electron chi connectivity index (χ3n) is 3.90. The van der Waals surface area contributed by atoms with Crippen molar-refractivity contribution in [1.29, 1.82) is 0 Å². The lowest BCUT2D eigenvalue weighted by Crippen LogP contribution is -2.18. The molecule has 9 heteroatoms. The molecule has 1 aromatic carbocycles. The normalized spacial score (nSPS) is 11.5. The molecule has 3 heterocycles. The highest BCUT2D eigenvalue weighted by molar-refractivity contribution is 7.98. The van der Waals surface area contributed by atoms with Crippen LogP contribution in [-0.4, -0.2) is 14.7 Å². The predicted octanol–water partition coefficient (Wildman–Crippen LogP) is 3.75. The number of nitrogens with zero attached hydrogens (tertiary/aromatic N) is 2. The van der Waals surface area contributed by atoms with Crippen LogP contribution in [0.3, 0.4) is 0 Å².